The van der Waals surface area contributed by atoms with Crippen LogP contribution in [0.2, 0.25) is 0 Å². The molecule has 18 heavy (non-hydrogen) atoms. The summed E-state index contributed by atoms with van der Waals surface area (Å²) in [5.41, 5.74) is 2.96. The molecule has 4 atom stereocenters. The number of hydrogen-bond acceptors (Lipinski definition) is 2. The van der Waals surface area contributed by atoms with Crippen LogP contribution >= 0.6 is 0 Å². The van der Waals surface area contributed by atoms with E-state index in [9.17, 15) is 5.11 Å². The van der Waals surface area contributed by atoms with Crippen molar-refractivity contribution in [3.63, 3.8) is 0 Å². The van der Waals surface area contributed by atoms with Crippen molar-refractivity contribution in [2.75, 3.05) is 6.54 Å². The summed E-state index contributed by atoms with van der Waals surface area (Å²) in [6.45, 7) is 3.28. The van der Waals surface area contributed by atoms with Crippen molar-refractivity contribution in [3.8, 4) is 0 Å². The van der Waals surface area contributed by atoms with Crippen LogP contribution in [0.1, 0.15) is 43.4 Å². The third-order valence-electron chi connectivity index (χ3n) is 4.72. The van der Waals surface area contributed by atoms with Crippen LogP contribution in [0.3, 0.4) is 0 Å². The van der Waals surface area contributed by atoms with Gasteiger partial charge in [0.05, 0.1) is 6.10 Å². The van der Waals surface area contributed by atoms with Crippen LogP contribution in [0.25, 0.3) is 0 Å². The summed E-state index contributed by atoms with van der Waals surface area (Å²) >= 11 is 0. The second kappa shape index (κ2) is 5.02. The van der Waals surface area contributed by atoms with Gasteiger partial charge in [-0.25, -0.2) is 0 Å². The highest BCUT2D eigenvalue weighted by molar-refractivity contribution is 5.35. The molecular formula is C16H23NO. The number of aliphatic hydroxyl groups is 1. The summed E-state index contributed by atoms with van der Waals surface area (Å²) in [6.07, 6.45) is 4.45. The van der Waals surface area contributed by atoms with E-state index < -0.39 is 0 Å². The van der Waals surface area contributed by atoms with Crippen molar-refractivity contribution in [1.29, 1.82) is 0 Å². The summed E-state index contributed by atoms with van der Waals surface area (Å²) in [5.74, 6) is 1.13. The Labute approximate surface area is 109 Å². The first-order valence-electron chi connectivity index (χ1n) is 7.25. The van der Waals surface area contributed by atoms with Crippen molar-refractivity contribution < 1.29 is 5.11 Å². The van der Waals surface area contributed by atoms with Crippen LogP contribution in [-0.4, -0.2) is 17.8 Å². The average Bonchev–Trinajstić information content (AvgIpc) is 2.90. The SMILES string of the molecule is CC1Cc2ccccc2C1NCC1CCCC1O. The largest absolute Gasteiger partial charge is 0.393 e. The predicted molar refractivity (Wildman–Crippen MR) is 73.4 cm³/mol. The number of fused-ring (bicyclic) bond motifs is 1. The van der Waals surface area contributed by atoms with E-state index in [1.807, 2.05) is 0 Å². The molecule has 2 nitrogen and oxygen atoms in total. The fourth-order valence-electron chi connectivity index (χ4n) is 3.64. The maximum Gasteiger partial charge on any atom is 0.0580 e. The first-order valence-corrected chi connectivity index (χ1v) is 7.25. The minimum absolute atomic E-state index is 0.0792. The molecule has 2 aliphatic rings. The van der Waals surface area contributed by atoms with E-state index in [2.05, 4.69) is 36.5 Å². The molecule has 1 aromatic rings. The lowest BCUT2D eigenvalue weighted by molar-refractivity contribution is 0.128. The van der Waals surface area contributed by atoms with Gasteiger partial charge < -0.3 is 10.4 Å². The fourth-order valence-corrected chi connectivity index (χ4v) is 3.64. The third-order valence-corrected chi connectivity index (χ3v) is 4.72. The molecule has 1 fully saturated rings. The summed E-state index contributed by atoms with van der Waals surface area (Å²) in [7, 11) is 0. The van der Waals surface area contributed by atoms with Crippen molar-refractivity contribution in [3.05, 3.63) is 35.4 Å². The van der Waals surface area contributed by atoms with Gasteiger partial charge in [-0.05, 0) is 42.2 Å². The molecule has 0 spiro atoms. The van der Waals surface area contributed by atoms with Gasteiger partial charge in [0.2, 0.25) is 0 Å². The standard InChI is InChI=1S/C16H23NO/c1-11-9-12-5-2-3-7-14(12)16(11)17-10-13-6-4-8-15(13)18/h2-3,5,7,11,13,15-18H,4,6,8-10H2,1H3. The highest BCUT2D eigenvalue weighted by Gasteiger charge is 2.31. The number of rotatable bonds is 3. The quantitative estimate of drug-likeness (QED) is 0.858. The van der Waals surface area contributed by atoms with Gasteiger partial charge in [-0.2, -0.15) is 0 Å². The molecule has 2 aliphatic carbocycles. The van der Waals surface area contributed by atoms with Crippen LogP contribution in [0.15, 0.2) is 24.3 Å². The zero-order chi connectivity index (χ0) is 12.5. The van der Waals surface area contributed by atoms with Crippen molar-refractivity contribution in [1.82, 2.24) is 5.32 Å². The average molecular weight is 245 g/mol. The Morgan fingerprint density at radius 2 is 2.11 bits per heavy atom. The lowest BCUT2D eigenvalue weighted by Gasteiger charge is -2.22. The summed E-state index contributed by atoms with van der Waals surface area (Å²) in [6, 6.07) is 9.25. The minimum Gasteiger partial charge on any atom is -0.393 e. The zero-order valence-corrected chi connectivity index (χ0v) is 11.1. The second-order valence-electron chi connectivity index (χ2n) is 6.02. The molecule has 0 amide bonds. The molecule has 2 N–H and O–H groups in total. The van der Waals surface area contributed by atoms with Crippen LogP contribution in [0, 0.1) is 11.8 Å². The van der Waals surface area contributed by atoms with E-state index in [-0.39, 0.29) is 6.10 Å². The topological polar surface area (TPSA) is 32.3 Å². The lowest BCUT2D eigenvalue weighted by Crippen LogP contribution is -2.32. The molecule has 0 aromatic heterocycles. The number of hydrogen-bond donors (Lipinski definition) is 2. The van der Waals surface area contributed by atoms with Crippen LogP contribution in [-0.2, 0) is 6.42 Å². The highest BCUT2D eigenvalue weighted by atomic mass is 16.3. The van der Waals surface area contributed by atoms with Gasteiger partial charge in [-0.1, -0.05) is 37.6 Å². The first-order chi connectivity index (χ1) is 8.75. The van der Waals surface area contributed by atoms with E-state index in [0.29, 0.717) is 17.9 Å². The minimum atomic E-state index is -0.0792. The van der Waals surface area contributed by atoms with Gasteiger partial charge in [0, 0.05) is 12.6 Å². The van der Waals surface area contributed by atoms with E-state index >= 15 is 0 Å². The molecule has 0 heterocycles. The fraction of sp³-hybridized carbons (Fsp3) is 0.625. The summed E-state index contributed by atoms with van der Waals surface area (Å²) in [5, 5.41) is 13.6. The smallest absolute Gasteiger partial charge is 0.0580 e. The van der Waals surface area contributed by atoms with E-state index in [1.165, 1.54) is 30.4 Å². The van der Waals surface area contributed by atoms with Gasteiger partial charge in [0.1, 0.15) is 0 Å². The summed E-state index contributed by atoms with van der Waals surface area (Å²) in [4.78, 5) is 0. The van der Waals surface area contributed by atoms with Gasteiger partial charge in [0.25, 0.3) is 0 Å². The highest BCUT2D eigenvalue weighted by Crippen LogP contribution is 2.36. The van der Waals surface area contributed by atoms with Gasteiger partial charge in [-0.3, -0.25) is 0 Å². The Balaban J connectivity index is 1.66. The van der Waals surface area contributed by atoms with Crippen LogP contribution < -0.4 is 5.32 Å². The second-order valence-corrected chi connectivity index (χ2v) is 6.02. The van der Waals surface area contributed by atoms with E-state index in [4.69, 9.17) is 0 Å². The van der Waals surface area contributed by atoms with Gasteiger partial charge >= 0.3 is 0 Å². The monoisotopic (exact) mass is 245 g/mol. The number of benzene rings is 1. The molecule has 3 rings (SSSR count). The maximum absolute atomic E-state index is 9.88. The molecule has 1 saturated carbocycles. The van der Waals surface area contributed by atoms with Crippen molar-refractivity contribution in [2.24, 2.45) is 11.8 Å². The number of aliphatic hydroxyl groups excluding tert-OH is 1. The summed E-state index contributed by atoms with van der Waals surface area (Å²) < 4.78 is 0. The molecule has 0 radical (unpaired) electrons. The Morgan fingerprint density at radius 3 is 2.89 bits per heavy atom. The molecule has 0 aliphatic heterocycles. The Kier molecular flexibility index (Phi) is 3.40. The Bertz CT molecular complexity index is 417. The normalized spacial score (nSPS) is 34.8. The zero-order valence-electron chi connectivity index (χ0n) is 11.1. The van der Waals surface area contributed by atoms with Gasteiger partial charge in [-0.15, -0.1) is 0 Å². The molecule has 1 aromatic carbocycles. The molecular weight excluding hydrogens is 222 g/mol. The number of nitrogens with one attached hydrogen (secondary N) is 1. The first kappa shape index (κ1) is 12.2. The third kappa shape index (κ3) is 2.19. The van der Waals surface area contributed by atoms with Crippen LogP contribution in [0.5, 0.6) is 0 Å². The molecule has 0 bridgehead atoms. The van der Waals surface area contributed by atoms with Crippen molar-refractivity contribution in [2.45, 2.75) is 44.8 Å². The molecule has 2 heteroatoms. The Morgan fingerprint density at radius 1 is 1.28 bits per heavy atom. The maximum atomic E-state index is 9.88. The lowest BCUT2D eigenvalue weighted by atomic mass is 10.0. The molecule has 4 unspecified atom stereocenters. The molecule has 0 saturated heterocycles. The van der Waals surface area contributed by atoms with Crippen molar-refractivity contribution >= 4 is 0 Å². The molecule has 98 valence electrons. The van der Waals surface area contributed by atoms with E-state index in [0.717, 1.165) is 13.0 Å². The Hall–Kier alpha value is -0.860. The van der Waals surface area contributed by atoms with Gasteiger partial charge in [0.15, 0.2) is 0 Å². The van der Waals surface area contributed by atoms with Crippen LogP contribution in [0.4, 0.5) is 0 Å². The van der Waals surface area contributed by atoms with E-state index in [1.54, 1.807) is 0 Å². The predicted octanol–water partition coefficient (Wildman–Crippen LogP) is 2.67.